The Kier molecular flexibility index (Phi) is 7.30. The highest BCUT2D eigenvalue weighted by atomic mass is 16.5. The first-order valence-corrected chi connectivity index (χ1v) is 14.5. The van der Waals surface area contributed by atoms with Crippen molar-refractivity contribution in [2.75, 3.05) is 31.1 Å². The number of likely N-dealkylation sites (tertiary alicyclic amines) is 1. The number of aryl methyl sites for hydroxylation is 2. The second-order valence-electron chi connectivity index (χ2n) is 11.6. The summed E-state index contributed by atoms with van der Waals surface area (Å²) in [6.45, 7) is 5.48. The number of fused-ring (bicyclic) bond motifs is 2. The maximum absolute atomic E-state index is 14.5. The Balaban J connectivity index is 1.40. The lowest BCUT2D eigenvalue weighted by Crippen LogP contribution is -2.55. The number of rotatable bonds is 7. The first-order chi connectivity index (χ1) is 19.9. The zero-order valence-electron chi connectivity index (χ0n) is 23.6. The lowest BCUT2D eigenvalue weighted by atomic mass is 9.77. The molecular weight excluding hydrogens is 518 g/mol. The summed E-state index contributed by atoms with van der Waals surface area (Å²) in [5.41, 5.74) is 2.56. The number of benzene rings is 2. The van der Waals surface area contributed by atoms with Gasteiger partial charge in [0.15, 0.2) is 0 Å². The van der Waals surface area contributed by atoms with Crippen LogP contribution in [0.2, 0.25) is 0 Å². The molecule has 8 heteroatoms. The van der Waals surface area contributed by atoms with Gasteiger partial charge in [-0.1, -0.05) is 66.8 Å². The van der Waals surface area contributed by atoms with Crippen LogP contribution in [0.4, 0.5) is 5.69 Å². The molecule has 1 spiro atoms. The molecule has 0 saturated carbocycles. The molecule has 1 unspecified atom stereocenters. The molecule has 0 aromatic heterocycles. The van der Waals surface area contributed by atoms with Gasteiger partial charge in [-0.2, -0.15) is 0 Å². The highest BCUT2D eigenvalue weighted by Crippen LogP contribution is 2.53. The van der Waals surface area contributed by atoms with E-state index in [1.165, 1.54) is 0 Å². The molecule has 2 aromatic rings. The van der Waals surface area contributed by atoms with E-state index in [2.05, 4.69) is 0 Å². The van der Waals surface area contributed by atoms with Gasteiger partial charge in [-0.25, -0.2) is 0 Å². The van der Waals surface area contributed by atoms with Crippen molar-refractivity contribution in [3.8, 4) is 0 Å². The highest BCUT2D eigenvalue weighted by molar-refractivity contribution is 6.06. The van der Waals surface area contributed by atoms with E-state index in [1.807, 2.05) is 86.7 Å². The maximum atomic E-state index is 14.5. The number of aliphatic hydroxyl groups is 1. The van der Waals surface area contributed by atoms with Crippen LogP contribution in [-0.4, -0.2) is 76.6 Å². The average molecular weight is 556 g/mol. The van der Waals surface area contributed by atoms with Crippen molar-refractivity contribution < 1.29 is 24.2 Å². The molecule has 2 fully saturated rings. The Bertz CT molecular complexity index is 1400. The van der Waals surface area contributed by atoms with Crippen molar-refractivity contribution >= 4 is 23.4 Å². The van der Waals surface area contributed by atoms with Crippen LogP contribution in [-0.2, 0) is 25.7 Å². The number of unbranched alkanes of at least 4 members (excludes halogenated alkanes) is 1. The van der Waals surface area contributed by atoms with Gasteiger partial charge in [0.2, 0.25) is 11.8 Å². The highest BCUT2D eigenvalue weighted by Gasteiger charge is 2.71. The molecule has 4 heterocycles. The summed E-state index contributed by atoms with van der Waals surface area (Å²) >= 11 is 0. The van der Waals surface area contributed by atoms with E-state index in [4.69, 9.17) is 4.74 Å². The normalized spacial score (nSPS) is 29.0. The standard InChI is InChI=1S/C33H37N3O5/c1-22-13-14-23(2)25(20-22)35-18-9-15-33-28(31(39)36(17-6-7-19-37)29(33)32(35)40)27-26(41-33)12-8-16-34(30(27)38)21-24-10-4-3-5-11-24/h3-5,8-15,20,26-29,37H,6-7,16-19,21H2,1-2H3/t26-,27+,28+,29?,33+/m1/s1. The smallest absolute Gasteiger partial charge is 0.253 e. The lowest BCUT2D eigenvalue weighted by molar-refractivity contribution is -0.144. The number of nitrogens with zero attached hydrogens (tertiary/aromatic N) is 3. The van der Waals surface area contributed by atoms with Crippen LogP contribution in [0.3, 0.4) is 0 Å². The van der Waals surface area contributed by atoms with Crippen molar-refractivity contribution in [3.05, 3.63) is 89.5 Å². The van der Waals surface area contributed by atoms with Crippen LogP contribution >= 0.6 is 0 Å². The van der Waals surface area contributed by atoms with E-state index in [9.17, 15) is 19.5 Å². The zero-order valence-corrected chi connectivity index (χ0v) is 23.6. The van der Waals surface area contributed by atoms with Gasteiger partial charge >= 0.3 is 0 Å². The molecule has 4 aliphatic rings. The Labute approximate surface area is 240 Å². The van der Waals surface area contributed by atoms with Crippen molar-refractivity contribution in [3.63, 3.8) is 0 Å². The molecule has 1 N–H and O–H groups in total. The van der Waals surface area contributed by atoms with E-state index in [-0.39, 0.29) is 24.3 Å². The van der Waals surface area contributed by atoms with E-state index >= 15 is 0 Å². The van der Waals surface area contributed by atoms with Gasteiger partial charge in [-0.3, -0.25) is 14.4 Å². The predicted molar refractivity (Wildman–Crippen MR) is 155 cm³/mol. The molecule has 214 valence electrons. The van der Waals surface area contributed by atoms with Crippen LogP contribution in [0.5, 0.6) is 0 Å². The summed E-state index contributed by atoms with van der Waals surface area (Å²) in [5.74, 6) is -2.13. The van der Waals surface area contributed by atoms with Gasteiger partial charge in [0.1, 0.15) is 11.6 Å². The van der Waals surface area contributed by atoms with Crippen molar-refractivity contribution in [1.29, 1.82) is 0 Å². The van der Waals surface area contributed by atoms with Crippen molar-refractivity contribution in [2.45, 2.75) is 51.0 Å². The Hall–Kier alpha value is -3.75. The summed E-state index contributed by atoms with van der Waals surface area (Å²) in [5, 5.41) is 9.44. The first-order valence-electron chi connectivity index (χ1n) is 14.5. The summed E-state index contributed by atoms with van der Waals surface area (Å²) in [4.78, 5) is 48.2. The van der Waals surface area contributed by atoms with E-state index in [1.54, 1.807) is 14.7 Å². The van der Waals surface area contributed by atoms with Gasteiger partial charge in [-0.15, -0.1) is 0 Å². The minimum absolute atomic E-state index is 0.00263. The number of anilines is 1. The monoisotopic (exact) mass is 555 g/mol. The van der Waals surface area contributed by atoms with Gasteiger partial charge in [0.05, 0.1) is 17.9 Å². The van der Waals surface area contributed by atoms with Gasteiger partial charge in [0, 0.05) is 38.5 Å². The third-order valence-electron chi connectivity index (χ3n) is 8.92. The van der Waals surface area contributed by atoms with Crippen LogP contribution in [0.15, 0.2) is 72.8 Å². The average Bonchev–Trinajstić information content (AvgIpc) is 3.28. The minimum Gasteiger partial charge on any atom is -0.396 e. The molecule has 8 nitrogen and oxygen atoms in total. The second-order valence-corrected chi connectivity index (χ2v) is 11.6. The van der Waals surface area contributed by atoms with Crippen LogP contribution in [0, 0.1) is 25.7 Å². The molecule has 0 bridgehead atoms. The number of carbonyl (C=O) groups is 3. The number of amides is 3. The quantitative estimate of drug-likeness (QED) is 0.419. The van der Waals surface area contributed by atoms with E-state index in [0.29, 0.717) is 39.0 Å². The van der Waals surface area contributed by atoms with E-state index < -0.39 is 29.6 Å². The minimum atomic E-state index is -1.26. The summed E-state index contributed by atoms with van der Waals surface area (Å²) < 4.78 is 6.74. The molecule has 41 heavy (non-hydrogen) atoms. The number of aliphatic hydroxyl groups excluding tert-OH is 1. The summed E-state index contributed by atoms with van der Waals surface area (Å²) in [6, 6.07) is 14.9. The molecule has 2 saturated heterocycles. The second kappa shape index (κ2) is 10.9. The van der Waals surface area contributed by atoms with Gasteiger partial charge < -0.3 is 24.5 Å². The first kappa shape index (κ1) is 27.4. The van der Waals surface area contributed by atoms with Crippen molar-refractivity contribution in [2.24, 2.45) is 11.8 Å². The number of hydrogen-bond acceptors (Lipinski definition) is 5. The van der Waals surface area contributed by atoms with Crippen LogP contribution < -0.4 is 4.90 Å². The molecule has 5 atom stereocenters. The summed E-state index contributed by atoms with van der Waals surface area (Å²) in [6.07, 6.45) is 8.08. The third kappa shape index (κ3) is 4.59. The fraction of sp³-hybridized carbons (Fsp3) is 0.424. The molecule has 0 aliphatic carbocycles. The number of carbonyl (C=O) groups excluding carboxylic acids is 3. The fourth-order valence-electron chi connectivity index (χ4n) is 7.00. The summed E-state index contributed by atoms with van der Waals surface area (Å²) in [7, 11) is 0. The molecule has 4 aliphatic heterocycles. The van der Waals surface area contributed by atoms with Crippen molar-refractivity contribution in [1.82, 2.24) is 9.80 Å². The van der Waals surface area contributed by atoms with Gasteiger partial charge in [-0.05, 0) is 49.4 Å². The van der Waals surface area contributed by atoms with E-state index in [0.717, 1.165) is 22.4 Å². The molecule has 3 amide bonds. The third-order valence-corrected chi connectivity index (χ3v) is 8.92. The molecule has 2 aromatic carbocycles. The fourth-order valence-corrected chi connectivity index (χ4v) is 7.00. The Morgan fingerprint density at radius 1 is 0.951 bits per heavy atom. The largest absolute Gasteiger partial charge is 0.396 e. The molecule has 0 radical (unpaired) electrons. The Morgan fingerprint density at radius 2 is 1.76 bits per heavy atom. The molecule has 6 rings (SSSR count). The SMILES string of the molecule is Cc1ccc(C)c(N2CC=C[C@]34O[C@@H]5C=CCN(Cc6ccccc6)C(=O)[C@@H]5[C@H]3C(=O)N(CCCCO)C4C2=O)c1. The number of hydrogen-bond donors (Lipinski definition) is 1. The lowest BCUT2D eigenvalue weighted by Gasteiger charge is -2.35. The number of ether oxygens (including phenoxy) is 1. The zero-order chi connectivity index (χ0) is 28.7. The topological polar surface area (TPSA) is 90.4 Å². The predicted octanol–water partition coefficient (Wildman–Crippen LogP) is 3.16. The van der Waals surface area contributed by atoms with Crippen LogP contribution in [0.25, 0.3) is 0 Å². The van der Waals surface area contributed by atoms with Gasteiger partial charge in [0.25, 0.3) is 5.91 Å². The Morgan fingerprint density at radius 3 is 2.54 bits per heavy atom. The maximum Gasteiger partial charge on any atom is 0.253 e. The van der Waals surface area contributed by atoms with Crippen LogP contribution in [0.1, 0.15) is 29.5 Å². The molecular formula is C33H37N3O5.